The van der Waals surface area contributed by atoms with Crippen molar-refractivity contribution in [1.82, 2.24) is 19.9 Å². The molecule has 1 atom stereocenters. The minimum absolute atomic E-state index is 0.448. The highest BCUT2D eigenvalue weighted by molar-refractivity contribution is 5.20. The molecule has 0 unspecified atom stereocenters. The Hall–Kier alpha value is -1.10. The summed E-state index contributed by atoms with van der Waals surface area (Å²) in [5.41, 5.74) is 5.51. The van der Waals surface area contributed by atoms with Crippen LogP contribution in [-0.4, -0.2) is 40.0 Å². The average molecular weight is 181 g/mol. The topological polar surface area (TPSA) is 60.0 Å². The molecule has 13 heavy (non-hydrogen) atoms. The predicted octanol–water partition coefficient (Wildman–Crippen LogP) is 0.127. The molecule has 1 saturated heterocycles. The highest BCUT2D eigenvalue weighted by Gasteiger charge is 2.19. The van der Waals surface area contributed by atoms with Crippen molar-refractivity contribution in [3.63, 3.8) is 0 Å². The lowest BCUT2D eigenvalue weighted by molar-refractivity contribution is 0.201. The molecule has 2 N–H and O–H groups in total. The van der Waals surface area contributed by atoms with Gasteiger partial charge in [0, 0.05) is 6.54 Å². The number of aromatic nitrogens is 3. The maximum absolute atomic E-state index is 5.51. The Morgan fingerprint density at radius 1 is 1.62 bits per heavy atom. The van der Waals surface area contributed by atoms with Gasteiger partial charge in [0.2, 0.25) is 0 Å². The van der Waals surface area contributed by atoms with Gasteiger partial charge >= 0.3 is 0 Å². The summed E-state index contributed by atoms with van der Waals surface area (Å²) in [4.78, 5) is 2.31. The zero-order chi connectivity index (χ0) is 9.26. The zero-order valence-corrected chi connectivity index (χ0v) is 7.85. The van der Waals surface area contributed by atoms with E-state index in [1.165, 1.54) is 19.4 Å². The Morgan fingerprint density at radius 2 is 2.46 bits per heavy atom. The fourth-order valence-corrected chi connectivity index (χ4v) is 1.82. The second-order valence-electron chi connectivity index (χ2n) is 3.68. The Labute approximate surface area is 77.5 Å². The number of hydrogen-bond acceptors (Lipinski definition) is 4. The predicted molar refractivity (Wildman–Crippen MR) is 50.2 cm³/mol. The summed E-state index contributed by atoms with van der Waals surface area (Å²) in [6.07, 6.45) is 4.21. The quantitative estimate of drug-likeness (QED) is 0.669. The maximum atomic E-state index is 5.51. The number of likely N-dealkylation sites (N-methyl/N-ethyl adjacent to an activating group) is 1. The molecule has 0 spiro atoms. The fraction of sp³-hybridized carbons (Fsp3) is 0.750. The normalized spacial score (nSPS) is 24.8. The van der Waals surface area contributed by atoms with Gasteiger partial charge in [-0.3, -0.25) is 0 Å². The lowest BCUT2D eigenvalue weighted by Gasteiger charge is -2.29. The van der Waals surface area contributed by atoms with Gasteiger partial charge in [-0.1, -0.05) is 5.21 Å². The Bertz CT molecular complexity index is 282. The number of piperidine rings is 1. The van der Waals surface area contributed by atoms with Crippen molar-refractivity contribution in [2.24, 2.45) is 0 Å². The molecule has 0 saturated carbocycles. The molecule has 0 bridgehead atoms. The molecule has 72 valence electrons. The van der Waals surface area contributed by atoms with Crippen LogP contribution in [0, 0.1) is 0 Å². The summed E-state index contributed by atoms with van der Waals surface area (Å²) in [7, 11) is 2.13. The van der Waals surface area contributed by atoms with Gasteiger partial charge < -0.3 is 10.6 Å². The van der Waals surface area contributed by atoms with E-state index in [2.05, 4.69) is 22.3 Å². The lowest BCUT2D eigenvalue weighted by atomic mass is 10.1. The van der Waals surface area contributed by atoms with E-state index in [1.54, 1.807) is 0 Å². The molecule has 2 heterocycles. The molecule has 1 fully saturated rings. The number of anilines is 1. The van der Waals surface area contributed by atoms with Crippen LogP contribution >= 0.6 is 0 Å². The van der Waals surface area contributed by atoms with E-state index >= 15 is 0 Å². The molecule has 1 aromatic heterocycles. The first-order valence-corrected chi connectivity index (χ1v) is 4.61. The third-order valence-electron chi connectivity index (χ3n) is 2.50. The number of nitrogen functional groups attached to an aromatic ring is 1. The van der Waals surface area contributed by atoms with Crippen LogP contribution in [0.1, 0.15) is 18.9 Å². The van der Waals surface area contributed by atoms with Crippen molar-refractivity contribution in [2.75, 3.05) is 25.9 Å². The highest BCUT2D eigenvalue weighted by atomic mass is 15.5. The molecule has 1 aliphatic rings. The van der Waals surface area contributed by atoms with Gasteiger partial charge in [-0.15, -0.1) is 5.10 Å². The number of hydrogen-bond donors (Lipinski definition) is 1. The van der Waals surface area contributed by atoms with Crippen molar-refractivity contribution < 1.29 is 0 Å². The third kappa shape index (κ3) is 1.80. The van der Waals surface area contributed by atoms with Gasteiger partial charge in [-0.05, 0) is 26.4 Å². The second kappa shape index (κ2) is 3.33. The molecule has 5 heteroatoms. The Kier molecular flexibility index (Phi) is 2.18. The largest absolute Gasteiger partial charge is 0.381 e. The standard InChI is InChI=1S/C8H15N5/c1-12-4-2-3-7(5-12)13-6-8(9)10-11-13/h6-7H,2-5,9H2,1H3/t7-/m1/s1. The summed E-state index contributed by atoms with van der Waals surface area (Å²) in [5.74, 6) is 0.508. The SMILES string of the molecule is CN1CCC[C@@H](n2cc(N)nn2)C1. The zero-order valence-electron chi connectivity index (χ0n) is 7.85. The molecule has 1 aromatic rings. The first-order chi connectivity index (χ1) is 6.25. The van der Waals surface area contributed by atoms with Gasteiger partial charge in [0.1, 0.15) is 0 Å². The fourth-order valence-electron chi connectivity index (χ4n) is 1.82. The monoisotopic (exact) mass is 181 g/mol. The van der Waals surface area contributed by atoms with Crippen molar-refractivity contribution in [3.05, 3.63) is 6.20 Å². The minimum Gasteiger partial charge on any atom is -0.381 e. The van der Waals surface area contributed by atoms with Crippen LogP contribution in [0.25, 0.3) is 0 Å². The molecule has 0 aliphatic carbocycles. The smallest absolute Gasteiger partial charge is 0.165 e. The molecule has 5 nitrogen and oxygen atoms in total. The van der Waals surface area contributed by atoms with Gasteiger partial charge in [-0.2, -0.15) is 0 Å². The molecule has 0 radical (unpaired) electrons. The lowest BCUT2D eigenvalue weighted by Crippen LogP contribution is -2.33. The number of rotatable bonds is 1. The summed E-state index contributed by atoms with van der Waals surface area (Å²) in [6.45, 7) is 2.23. The average Bonchev–Trinajstić information content (AvgIpc) is 2.52. The molecular weight excluding hydrogens is 166 g/mol. The van der Waals surface area contributed by atoms with Gasteiger partial charge in [0.05, 0.1) is 12.2 Å². The molecule has 0 amide bonds. The molecular formula is C8H15N5. The molecule has 0 aromatic carbocycles. The van der Waals surface area contributed by atoms with Gasteiger partial charge in [0.15, 0.2) is 5.82 Å². The summed E-state index contributed by atoms with van der Waals surface area (Å²) in [5, 5.41) is 7.78. The van der Waals surface area contributed by atoms with Crippen molar-refractivity contribution >= 4 is 5.82 Å². The minimum atomic E-state index is 0.448. The van der Waals surface area contributed by atoms with Crippen LogP contribution in [0.5, 0.6) is 0 Å². The van der Waals surface area contributed by atoms with E-state index in [4.69, 9.17) is 5.73 Å². The summed E-state index contributed by atoms with van der Waals surface area (Å²) < 4.78 is 1.88. The van der Waals surface area contributed by atoms with Crippen LogP contribution < -0.4 is 5.73 Å². The highest BCUT2D eigenvalue weighted by Crippen LogP contribution is 2.19. The van der Waals surface area contributed by atoms with E-state index in [0.717, 1.165) is 6.54 Å². The van der Waals surface area contributed by atoms with E-state index < -0.39 is 0 Å². The molecule has 1 aliphatic heterocycles. The van der Waals surface area contributed by atoms with Crippen molar-refractivity contribution in [1.29, 1.82) is 0 Å². The Morgan fingerprint density at radius 3 is 3.08 bits per heavy atom. The first kappa shape index (κ1) is 8.50. The summed E-state index contributed by atoms with van der Waals surface area (Å²) in [6, 6.07) is 0.448. The van der Waals surface area contributed by atoms with Crippen molar-refractivity contribution in [2.45, 2.75) is 18.9 Å². The second-order valence-corrected chi connectivity index (χ2v) is 3.68. The van der Waals surface area contributed by atoms with E-state index in [9.17, 15) is 0 Å². The van der Waals surface area contributed by atoms with Crippen LogP contribution in [0.4, 0.5) is 5.82 Å². The summed E-state index contributed by atoms with van der Waals surface area (Å²) >= 11 is 0. The van der Waals surface area contributed by atoms with E-state index in [0.29, 0.717) is 11.9 Å². The van der Waals surface area contributed by atoms with Crippen LogP contribution in [0.3, 0.4) is 0 Å². The van der Waals surface area contributed by atoms with Crippen LogP contribution in [0.15, 0.2) is 6.20 Å². The number of likely N-dealkylation sites (tertiary alicyclic amines) is 1. The number of nitrogens with zero attached hydrogens (tertiary/aromatic N) is 4. The first-order valence-electron chi connectivity index (χ1n) is 4.61. The van der Waals surface area contributed by atoms with Crippen LogP contribution in [-0.2, 0) is 0 Å². The van der Waals surface area contributed by atoms with Gasteiger partial charge in [0.25, 0.3) is 0 Å². The van der Waals surface area contributed by atoms with E-state index in [-0.39, 0.29) is 0 Å². The van der Waals surface area contributed by atoms with Crippen molar-refractivity contribution in [3.8, 4) is 0 Å². The maximum Gasteiger partial charge on any atom is 0.165 e. The Balaban J connectivity index is 2.08. The van der Waals surface area contributed by atoms with Crippen LogP contribution in [0.2, 0.25) is 0 Å². The third-order valence-corrected chi connectivity index (χ3v) is 2.50. The molecule has 2 rings (SSSR count). The van der Waals surface area contributed by atoms with Gasteiger partial charge in [-0.25, -0.2) is 4.68 Å². The number of nitrogens with two attached hydrogens (primary N) is 1. The van der Waals surface area contributed by atoms with E-state index in [1.807, 2.05) is 10.9 Å².